The lowest BCUT2D eigenvalue weighted by Gasteiger charge is -2.08. The summed E-state index contributed by atoms with van der Waals surface area (Å²) in [6.07, 6.45) is 0.936. The number of nitrogens with one attached hydrogen (secondary N) is 2. The van der Waals surface area contributed by atoms with E-state index in [1.807, 2.05) is 24.3 Å². The zero-order valence-electron chi connectivity index (χ0n) is 10.4. The molecule has 2 amide bonds. The minimum absolute atomic E-state index is 0.204. The molecule has 0 radical (unpaired) electrons. The van der Waals surface area contributed by atoms with Crippen molar-refractivity contribution in [1.82, 2.24) is 10.6 Å². The Morgan fingerprint density at radius 3 is 2.50 bits per heavy atom. The molecule has 1 atom stereocenters. The van der Waals surface area contributed by atoms with Gasteiger partial charge in [0.15, 0.2) is 0 Å². The molecule has 18 heavy (non-hydrogen) atoms. The summed E-state index contributed by atoms with van der Waals surface area (Å²) in [5.74, 6) is 0. The first-order valence-corrected chi connectivity index (χ1v) is 6.40. The molecule has 0 fully saturated rings. The summed E-state index contributed by atoms with van der Waals surface area (Å²) in [6.45, 7) is 2.74. The van der Waals surface area contributed by atoms with Crippen molar-refractivity contribution >= 4 is 17.6 Å². The van der Waals surface area contributed by atoms with E-state index in [-0.39, 0.29) is 12.1 Å². The molecule has 5 heteroatoms. The van der Waals surface area contributed by atoms with Gasteiger partial charge in [0.25, 0.3) is 0 Å². The average Bonchev–Trinajstić information content (AvgIpc) is 2.31. The van der Waals surface area contributed by atoms with E-state index in [1.165, 1.54) is 0 Å². The molecule has 0 heterocycles. The average molecular weight is 271 g/mol. The number of hydrogen-bond donors (Lipinski definition) is 3. The lowest BCUT2D eigenvalue weighted by atomic mass is 10.1. The predicted octanol–water partition coefficient (Wildman–Crippen LogP) is 1.95. The summed E-state index contributed by atoms with van der Waals surface area (Å²) in [7, 11) is 0. The molecule has 0 aromatic heterocycles. The van der Waals surface area contributed by atoms with Crippen molar-refractivity contribution in [2.45, 2.75) is 25.9 Å². The molecule has 3 N–H and O–H groups in total. The van der Waals surface area contributed by atoms with Gasteiger partial charge in [-0.3, -0.25) is 0 Å². The molecule has 1 aromatic carbocycles. The molecule has 100 valence electrons. The van der Waals surface area contributed by atoms with Crippen LogP contribution >= 0.6 is 11.6 Å². The second kappa shape index (κ2) is 7.95. The number of aliphatic hydroxyl groups excluding tert-OH is 1. The Hall–Kier alpha value is -1.26. The number of urea groups is 1. The summed E-state index contributed by atoms with van der Waals surface area (Å²) >= 11 is 5.78. The number of carbonyl (C=O) groups is 1. The highest BCUT2D eigenvalue weighted by Gasteiger charge is 2.01. The van der Waals surface area contributed by atoms with E-state index in [1.54, 1.807) is 6.92 Å². The SMILES string of the molecule is CC(O)CCNC(=O)NCCc1ccc(Cl)cc1. The summed E-state index contributed by atoms with van der Waals surface area (Å²) < 4.78 is 0. The molecule has 0 spiro atoms. The summed E-state index contributed by atoms with van der Waals surface area (Å²) in [5, 5.41) is 15.2. The second-order valence-corrected chi connectivity index (χ2v) is 4.63. The van der Waals surface area contributed by atoms with Crippen molar-refractivity contribution in [3.8, 4) is 0 Å². The fraction of sp³-hybridized carbons (Fsp3) is 0.462. The van der Waals surface area contributed by atoms with Crippen molar-refractivity contribution in [3.63, 3.8) is 0 Å². The standard InChI is InChI=1S/C13H19ClN2O2/c1-10(17)6-8-15-13(18)16-9-7-11-2-4-12(14)5-3-11/h2-5,10,17H,6-9H2,1H3,(H2,15,16,18). The zero-order chi connectivity index (χ0) is 13.4. The van der Waals surface area contributed by atoms with Gasteiger partial charge in [0.2, 0.25) is 0 Å². The van der Waals surface area contributed by atoms with Gasteiger partial charge in [-0.05, 0) is 37.5 Å². The fourth-order valence-corrected chi connectivity index (χ4v) is 1.55. The highest BCUT2D eigenvalue weighted by molar-refractivity contribution is 6.30. The van der Waals surface area contributed by atoms with Crippen LogP contribution in [0.3, 0.4) is 0 Å². The number of aliphatic hydroxyl groups is 1. The highest BCUT2D eigenvalue weighted by Crippen LogP contribution is 2.09. The highest BCUT2D eigenvalue weighted by atomic mass is 35.5. The van der Waals surface area contributed by atoms with Crippen LogP contribution in [0, 0.1) is 0 Å². The van der Waals surface area contributed by atoms with E-state index in [0.717, 1.165) is 12.0 Å². The first-order valence-electron chi connectivity index (χ1n) is 6.02. The normalized spacial score (nSPS) is 11.9. The molecule has 4 nitrogen and oxygen atoms in total. The lowest BCUT2D eigenvalue weighted by Crippen LogP contribution is -2.37. The quantitative estimate of drug-likeness (QED) is 0.740. The van der Waals surface area contributed by atoms with Gasteiger partial charge in [-0.25, -0.2) is 4.79 Å². The maximum atomic E-state index is 11.3. The molecular formula is C13H19ClN2O2. The smallest absolute Gasteiger partial charge is 0.314 e. The van der Waals surface area contributed by atoms with E-state index < -0.39 is 0 Å². The van der Waals surface area contributed by atoms with E-state index in [0.29, 0.717) is 24.5 Å². The van der Waals surface area contributed by atoms with Gasteiger partial charge in [0.05, 0.1) is 6.10 Å². The number of carbonyl (C=O) groups excluding carboxylic acids is 1. The summed E-state index contributed by atoms with van der Waals surface area (Å²) in [6, 6.07) is 7.34. The third kappa shape index (κ3) is 6.47. The molecule has 0 aliphatic rings. The maximum absolute atomic E-state index is 11.3. The van der Waals surface area contributed by atoms with Crippen molar-refractivity contribution in [3.05, 3.63) is 34.9 Å². The van der Waals surface area contributed by atoms with Crippen LogP contribution in [-0.4, -0.2) is 30.3 Å². The third-order valence-corrected chi connectivity index (χ3v) is 2.71. The van der Waals surface area contributed by atoms with E-state index in [9.17, 15) is 4.79 Å². The zero-order valence-corrected chi connectivity index (χ0v) is 11.2. The Bertz CT molecular complexity index is 366. The van der Waals surface area contributed by atoms with Gasteiger partial charge >= 0.3 is 6.03 Å². The van der Waals surface area contributed by atoms with Gasteiger partial charge in [0.1, 0.15) is 0 Å². The van der Waals surface area contributed by atoms with Crippen molar-refractivity contribution in [2.75, 3.05) is 13.1 Å². The van der Waals surface area contributed by atoms with Crippen LogP contribution in [0.25, 0.3) is 0 Å². The minimum Gasteiger partial charge on any atom is -0.393 e. The van der Waals surface area contributed by atoms with Gasteiger partial charge in [0, 0.05) is 18.1 Å². The van der Waals surface area contributed by atoms with Gasteiger partial charge in [-0.1, -0.05) is 23.7 Å². The second-order valence-electron chi connectivity index (χ2n) is 4.20. The Labute approximate surface area is 112 Å². The molecule has 0 aliphatic heterocycles. The van der Waals surface area contributed by atoms with Gasteiger partial charge in [-0.15, -0.1) is 0 Å². The first-order chi connectivity index (χ1) is 8.58. The summed E-state index contributed by atoms with van der Waals surface area (Å²) in [4.78, 5) is 11.3. The minimum atomic E-state index is -0.389. The third-order valence-electron chi connectivity index (χ3n) is 2.46. The van der Waals surface area contributed by atoms with Gasteiger partial charge in [-0.2, -0.15) is 0 Å². The van der Waals surface area contributed by atoms with Crippen molar-refractivity contribution in [1.29, 1.82) is 0 Å². The van der Waals surface area contributed by atoms with Crippen LogP contribution in [0.5, 0.6) is 0 Å². The number of benzene rings is 1. The van der Waals surface area contributed by atoms with E-state index in [4.69, 9.17) is 16.7 Å². The van der Waals surface area contributed by atoms with Gasteiger partial charge < -0.3 is 15.7 Å². The monoisotopic (exact) mass is 270 g/mol. The number of hydrogen-bond acceptors (Lipinski definition) is 2. The first kappa shape index (κ1) is 14.8. The van der Waals surface area contributed by atoms with Crippen molar-refractivity contribution < 1.29 is 9.90 Å². The molecular weight excluding hydrogens is 252 g/mol. The van der Waals surface area contributed by atoms with Crippen LogP contribution in [0.1, 0.15) is 18.9 Å². The lowest BCUT2D eigenvalue weighted by molar-refractivity contribution is 0.183. The molecule has 0 aliphatic carbocycles. The largest absolute Gasteiger partial charge is 0.393 e. The summed E-state index contributed by atoms with van der Waals surface area (Å²) in [5.41, 5.74) is 1.13. The van der Waals surface area contributed by atoms with Crippen LogP contribution in [0.2, 0.25) is 5.02 Å². The van der Waals surface area contributed by atoms with E-state index in [2.05, 4.69) is 10.6 Å². The Balaban J connectivity index is 2.13. The molecule has 0 bridgehead atoms. The predicted molar refractivity (Wildman–Crippen MR) is 72.9 cm³/mol. The van der Waals surface area contributed by atoms with Crippen LogP contribution in [0.4, 0.5) is 4.79 Å². The maximum Gasteiger partial charge on any atom is 0.314 e. The van der Waals surface area contributed by atoms with Crippen LogP contribution in [-0.2, 0) is 6.42 Å². The van der Waals surface area contributed by atoms with Crippen LogP contribution < -0.4 is 10.6 Å². The molecule has 0 saturated heterocycles. The molecule has 0 saturated carbocycles. The van der Waals surface area contributed by atoms with Crippen LogP contribution in [0.15, 0.2) is 24.3 Å². The topological polar surface area (TPSA) is 61.4 Å². The number of rotatable bonds is 6. The Kier molecular flexibility index (Phi) is 6.54. The number of amides is 2. The Morgan fingerprint density at radius 1 is 1.28 bits per heavy atom. The van der Waals surface area contributed by atoms with Crippen molar-refractivity contribution in [2.24, 2.45) is 0 Å². The molecule has 1 aromatic rings. The Morgan fingerprint density at radius 2 is 1.89 bits per heavy atom. The number of halogens is 1. The van der Waals surface area contributed by atoms with E-state index >= 15 is 0 Å². The fourth-order valence-electron chi connectivity index (χ4n) is 1.43. The molecule has 1 rings (SSSR count). The molecule has 1 unspecified atom stereocenters.